The third kappa shape index (κ3) is 3.78. The monoisotopic (exact) mass is 513 g/mol. The number of anilines is 1. The van der Waals surface area contributed by atoms with Crippen molar-refractivity contribution in [2.75, 3.05) is 19.0 Å². The smallest absolute Gasteiger partial charge is 0.250 e. The van der Waals surface area contributed by atoms with E-state index in [9.17, 15) is 19.5 Å². The fourth-order valence-corrected chi connectivity index (χ4v) is 6.87. The number of aliphatic hydroxyl groups excluding tert-OH is 1. The number of carbonyl (C=O) groups excluding carboxylic acids is 3. The third-order valence-corrected chi connectivity index (χ3v) is 8.47. The number of rotatable bonds is 7. The van der Waals surface area contributed by atoms with Gasteiger partial charge in [0.05, 0.1) is 30.6 Å². The zero-order chi connectivity index (χ0) is 26.4. The summed E-state index contributed by atoms with van der Waals surface area (Å²) in [5, 5.41) is 18.2. The van der Waals surface area contributed by atoms with Crippen LogP contribution >= 0.6 is 0 Å². The fraction of sp³-hybridized carbons (Fsp3) is 0.367. The molecule has 8 nitrogen and oxygen atoms in total. The number of hydrogen-bond donors (Lipinski definition) is 3. The summed E-state index contributed by atoms with van der Waals surface area (Å²) in [6, 6.07) is 21.5. The van der Waals surface area contributed by atoms with Gasteiger partial charge < -0.3 is 25.4 Å². The summed E-state index contributed by atoms with van der Waals surface area (Å²) in [6.45, 7) is -0.322. The maximum absolute atomic E-state index is 14.1. The molecule has 1 spiro atoms. The summed E-state index contributed by atoms with van der Waals surface area (Å²) >= 11 is 0. The SMILES string of the molecule is CNC(=O)[C@@H]1[C@H]2C(=O)N([C@@H](CO)Cc3ccccc3)C(C(=O)Nc3ccc4ccccc4c3)C23CC[C@H]1O3. The predicted molar refractivity (Wildman–Crippen MR) is 142 cm³/mol. The number of likely N-dealkylation sites (tertiary alicyclic amines) is 1. The molecule has 3 fully saturated rings. The molecule has 2 unspecified atom stereocenters. The molecule has 3 aromatic carbocycles. The van der Waals surface area contributed by atoms with Gasteiger partial charge in [0.1, 0.15) is 11.6 Å². The van der Waals surface area contributed by atoms with Gasteiger partial charge in [0.15, 0.2) is 0 Å². The van der Waals surface area contributed by atoms with Crippen molar-refractivity contribution in [3.8, 4) is 0 Å². The van der Waals surface area contributed by atoms with Crippen LogP contribution in [0.5, 0.6) is 0 Å². The van der Waals surface area contributed by atoms with E-state index in [4.69, 9.17) is 4.74 Å². The van der Waals surface area contributed by atoms with E-state index in [1.165, 1.54) is 4.90 Å². The van der Waals surface area contributed by atoms with Crippen LogP contribution in [0.15, 0.2) is 72.8 Å². The molecular weight excluding hydrogens is 482 g/mol. The first kappa shape index (κ1) is 24.6. The van der Waals surface area contributed by atoms with E-state index in [0.717, 1.165) is 16.3 Å². The Kier molecular flexibility index (Phi) is 6.16. The molecule has 0 radical (unpaired) electrons. The summed E-state index contributed by atoms with van der Waals surface area (Å²) in [7, 11) is 1.55. The van der Waals surface area contributed by atoms with Gasteiger partial charge in [-0.05, 0) is 47.7 Å². The van der Waals surface area contributed by atoms with Crippen LogP contribution in [0, 0.1) is 11.8 Å². The number of aliphatic hydroxyl groups is 1. The molecule has 8 heteroatoms. The Bertz CT molecular complexity index is 1390. The Morgan fingerprint density at radius 2 is 1.79 bits per heavy atom. The summed E-state index contributed by atoms with van der Waals surface area (Å²) in [4.78, 5) is 42.6. The van der Waals surface area contributed by atoms with E-state index >= 15 is 0 Å². The second-order valence-corrected chi connectivity index (χ2v) is 10.5. The van der Waals surface area contributed by atoms with Crippen molar-refractivity contribution in [2.24, 2.45) is 11.8 Å². The first-order valence-electron chi connectivity index (χ1n) is 13.1. The number of fused-ring (bicyclic) bond motifs is 2. The molecule has 0 saturated carbocycles. The number of amides is 3. The van der Waals surface area contributed by atoms with Gasteiger partial charge in [0.2, 0.25) is 17.7 Å². The highest BCUT2D eigenvalue weighted by molar-refractivity contribution is 6.04. The summed E-state index contributed by atoms with van der Waals surface area (Å²) in [5.41, 5.74) is 0.430. The van der Waals surface area contributed by atoms with Crippen LogP contribution in [0.3, 0.4) is 0 Å². The van der Waals surface area contributed by atoms with Crippen molar-refractivity contribution in [1.29, 1.82) is 0 Å². The Hall–Kier alpha value is -3.75. The van der Waals surface area contributed by atoms with Crippen molar-refractivity contribution in [3.63, 3.8) is 0 Å². The maximum Gasteiger partial charge on any atom is 0.250 e. The first-order chi connectivity index (χ1) is 18.5. The maximum atomic E-state index is 14.1. The molecule has 6 atom stereocenters. The van der Waals surface area contributed by atoms with Crippen LogP contribution in [0.4, 0.5) is 5.69 Å². The van der Waals surface area contributed by atoms with Crippen LogP contribution in [0.1, 0.15) is 18.4 Å². The van der Waals surface area contributed by atoms with E-state index in [0.29, 0.717) is 24.9 Å². The first-order valence-corrected chi connectivity index (χ1v) is 13.1. The number of nitrogens with zero attached hydrogens (tertiary/aromatic N) is 1. The zero-order valence-electron chi connectivity index (χ0n) is 21.2. The number of hydrogen-bond acceptors (Lipinski definition) is 5. The molecule has 3 aliphatic rings. The Labute approximate surface area is 221 Å². The number of benzene rings is 3. The van der Waals surface area contributed by atoms with Gasteiger partial charge in [0.25, 0.3) is 0 Å². The average Bonchev–Trinajstić information content (AvgIpc) is 3.59. The van der Waals surface area contributed by atoms with Crippen molar-refractivity contribution in [1.82, 2.24) is 10.2 Å². The Balaban J connectivity index is 1.39. The van der Waals surface area contributed by atoms with Crippen molar-refractivity contribution in [2.45, 2.75) is 43.1 Å². The highest BCUT2D eigenvalue weighted by atomic mass is 16.5. The summed E-state index contributed by atoms with van der Waals surface area (Å²) in [5.74, 6) is -2.39. The largest absolute Gasteiger partial charge is 0.394 e. The lowest BCUT2D eigenvalue weighted by atomic mass is 9.70. The van der Waals surface area contributed by atoms with E-state index in [-0.39, 0.29) is 24.3 Å². The van der Waals surface area contributed by atoms with Gasteiger partial charge in [0, 0.05) is 12.7 Å². The minimum atomic E-state index is -1.12. The van der Waals surface area contributed by atoms with Gasteiger partial charge in [-0.1, -0.05) is 60.7 Å². The van der Waals surface area contributed by atoms with E-state index < -0.39 is 35.6 Å². The standard InChI is InChI=1S/C30H31N3O5/c1-31-27(35)24-23-13-14-30(38-23)25(24)29(37)33(22(17-34)15-18-7-3-2-4-8-18)26(30)28(36)32-21-12-11-19-9-5-6-10-20(19)16-21/h2-12,16,22-26,34H,13-15,17H2,1H3,(H,31,35)(H,32,36)/t22-,23-,24+,25+,26?,30?/m1/s1. The van der Waals surface area contributed by atoms with Crippen molar-refractivity contribution in [3.05, 3.63) is 78.4 Å². The lowest BCUT2D eigenvalue weighted by Gasteiger charge is -2.36. The second kappa shape index (κ2) is 9.53. The molecule has 2 bridgehead atoms. The Morgan fingerprint density at radius 1 is 1.05 bits per heavy atom. The minimum absolute atomic E-state index is 0.255. The van der Waals surface area contributed by atoms with Gasteiger partial charge in [-0.25, -0.2) is 0 Å². The van der Waals surface area contributed by atoms with Gasteiger partial charge in [-0.2, -0.15) is 0 Å². The van der Waals surface area contributed by atoms with Crippen molar-refractivity contribution >= 4 is 34.2 Å². The van der Waals surface area contributed by atoms with Gasteiger partial charge >= 0.3 is 0 Å². The molecular formula is C30H31N3O5. The molecule has 3 aliphatic heterocycles. The van der Waals surface area contributed by atoms with E-state index in [1.54, 1.807) is 7.05 Å². The quantitative estimate of drug-likeness (QED) is 0.450. The molecule has 3 aromatic rings. The molecule has 3 heterocycles. The Morgan fingerprint density at radius 3 is 2.53 bits per heavy atom. The lowest BCUT2D eigenvalue weighted by Crippen LogP contribution is -2.56. The second-order valence-electron chi connectivity index (χ2n) is 10.5. The predicted octanol–water partition coefficient (Wildman–Crippen LogP) is 2.50. The summed E-state index contributed by atoms with van der Waals surface area (Å²) in [6.07, 6.45) is 1.05. The molecule has 6 rings (SSSR count). The van der Waals surface area contributed by atoms with Crippen molar-refractivity contribution < 1.29 is 24.2 Å². The highest BCUT2D eigenvalue weighted by Crippen LogP contribution is 2.59. The van der Waals surface area contributed by atoms with Crippen LogP contribution in [0.25, 0.3) is 10.8 Å². The molecule has 3 amide bonds. The van der Waals surface area contributed by atoms with Crippen LogP contribution < -0.4 is 10.6 Å². The van der Waals surface area contributed by atoms with Crippen LogP contribution in [-0.2, 0) is 25.5 Å². The normalized spacial score (nSPS) is 28.4. The van der Waals surface area contributed by atoms with Crippen LogP contribution in [-0.4, -0.2) is 65.2 Å². The average molecular weight is 514 g/mol. The number of ether oxygens (including phenoxy) is 1. The highest BCUT2D eigenvalue weighted by Gasteiger charge is 2.75. The van der Waals surface area contributed by atoms with Crippen LogP contribution in [0.2, 0.25) is 0 Å². The third-order valence-electron chi connectivity index (χ3n) is 8.47. The summed E-state index contributed by atoms with van der Waals surface area (Å²) < 4.78 is 6.44. The van der Waals surface area contributed by atoms with E-state index in [1.807, 2.05) is 72.8 Å². The molecule has 0 aromatic heterocycles. The molecule has 3 saturated heterocycles. The van der Waals surface area contributed by atoms with E-state index in [2.05, 4.69) is 10.6 Å². The minimum Gasteiger partial charge on any atom is -0.394 e. The molecule has 196 valence electrons. The van der Waals surface area contributed by atoms with Gasteiger partial charge in [-0.15, -0.1) is 0 Å². The van der Waals surface area contributed by atoms with Gasteiger partial charge in [-0.3, -0.25) is 14.4 Å². The zero-order valence-corrected chi connectivity index (χ0v) is 21.2. The number of carbonyl (C=O) groups is 3. The fourth-order valence-electron chi connectivity index (χ4n) is 6.87. The molecule has 3 N–H and O–H groups in total. The topological polar surface area (TPSA) is 108 Å². The molecule has 38 heavy (non-hydrogen) atoms. The lowest BCUT2D eigenvalue weighted by molar-refractivity contribution is -0.143. The number of nitrogens with one attached hydrogen (secondary N) is 2. The molecule has 0 aliphatic carbocycles.